The van der Waals surface area contributed by atoms with Crippen LogP contribution in [0.15, 0.2) is 27.5 Å². The molecule has 128 valence electrons. The normalized spacial score (nSPS) is 16.1. The van der Waals surface area contributed by atoms with E-state index in [1.54, 1.807) is 25.1 Å². The molecule has 1 aliphatic heterocycles. The zero-order valence-corrected chi connectivity index (χ0v) is 14.3. The minimum atomic E-state index is -2.78. The summed E-state index contributed by atoms with van der Waals surface area (Å²) < 4.78 is 32.9. The Morgan fingerprint density at radius 3 is 2.71 bits per heavy atom. The fourth-order valence-electron chi connectivity index (χ4n) is 2.57. The van der Waals surface area contributed by atoms with E-state index in [9.17, 15) is 18.4 Å². The molecule has 0 atom stereocenters. The molecule has 0 spiro atoms. The van der Waals surface area contributed by atoms with Crippen molar-refractivity contribution in [1.82, 2.24) is 9.78 Å². The van der Waals surface area contributed by atoms with Gasteiger partial charge in [0.2, 0.25) is 0 Å². The molecule has 0 bridgehead atoms. The highest BCUT2D eigenvalue weighted by Gasteiger charge is 2.45. The Labute approximate surface area is 144 Å². The molecule has 1 saturated heterocycles. The number of carbonyl (C=O) groups excluding carboxylic acids is 1. The fraction of sp³-hybridized carbons (Fsp3) is 0.400. The number of carbonyl (C=O) groups is 1. The van der Waals surface area contributed by atoms with Gasteiger partial charge in [-0.3, -0.25) is 9.59 Å². The summed E-state index contributed by atoms with van der Waals surface area (Å²) in [5, 5.41) is 4.90. The third-order valence-corrected chi connectivity index (χ3v) is 4.12. The molecule has 0 unspecified atom stereocenters. The van der Waals surface area contributed by atoms with Crippen molar-refractivity contribution >= 4 is 38.5 Å². The molecule has 0 amide bonds. The average molecular weight is 402 g/mol. The van der Waals surface area contributed by atoms with Crippen LogP contribution in [-0.4, -0.2) is 41.4 Å². The maximum atomic E-state index is 13.2. The monoisotopic (exact) mass is 401 g/mol. The van der Waals surface area contributed by atoms with E-state index < -0.39 is 30.5 Å². The lowest BCUT2D eigenvalue weighted by Gasteiger charge is -2.40. The molecule has 2 aromatic rings. The average Bonchev–Trinajstić information content (AvgIpc) is 2.48. The smallest absolute Gasteiger partial charge is 0.327 e. The van der Waals surface area contributed by atoms with Crippen molar-refractivity contribution in [2.45, 2.75) is 19.4 Å². The Bertz CT molecular complexity index is 861. The highest BCUT2D eigenvalue weighted by molar-refractivity contribution is 9.10. The van der Waals surface area contributed by atoms with Gasteiger partial charge in [0.1, 0.15) is 6.54 Å². The zero-order chi connectivity index (χ0) is 17.5. The number of ether oxygens (including phenoxy) is 1. The summed E-state index contributed by atoms with van der Waals surface area (Å²) in [6, 6.07) is 4.91. The van der Waals surface area contributed by atoms with Crippen molar-refractivity contribution in [1.29, 1.82) is 0 Å². The van der Waals surface area contributed by atoms with Gasteiger partial charge in [-0.15, -0.1) is 0 Å². The predicted molar refractivity (Wildman–Crippen MR) is 87.5 cm³/mol. The van der Waals surface area contributed by atoms with Crippen LogP contribution in [-0.2, 0) is 16.1 Å². The third kappa shape index (κ3) is 3.12. The molecular formula is C15H14BrF2N3O3. The first-order valence-electron chi connectivity index (χ1n) is 7.29. The van der Waals surface area contributed by atoms with Crippen LogP contribution in [0.5, 0.6) is 0 Å². The molecule has 1 fully saturated rings. The van der Waals surface area contributed by atoms with E-state index in [1.165, 1.54) is 4.90 Å². The maximum Gasteiger partial charge on any atom is 0.327 e. The second-order valence-corrected chi connectivity index (χ2v) is 6.41. The Balaban J connectivity index is 2.10. The van der Waals surface area contributed by atoms with E-state index in [1.807, 2.05) is 0 Å². The highest BCUT2D eigenvalue weighted by atomic mass is 79.9. The first kappa shape index (κ1) is 16.8. The second-order valence-electron chi connectivity index (χ2n) is 5.49. The second kappa shape index (κ2) is 6.12. The minimum Gasteiger partial charge on any atom is -0.465 e. The summed E-state index contributed by atoms with van der Waals surface area (Å²) in [5.74, 6) is -3.13. The van der Waals surface area contributed by atoms with E-state index in [0.29, 0.717) is 15.2 Å². The fourth-order valence-corrected chi connectivity index (χ4v) is 2.93. The van der Waals surface area contributed by atoms with Crippen LogP contribution in [0.3, 0.4) is 0 Å². The van der Waals surface area contributed by atoms with E-state index in [-0.39, 0.29) is 19.0 Å². The summed E-state index contributed by atoms with van der Waals surface area (Å²) in [7, 11) is 0. The van der Waals surface area contributed by atoms with Gasteiger partial charge in [0.25, 0.3) is 11.5 Å². The number of hydrogen-bond donors (Lipinski definition) is 0. The predicted octanol–water partition coefficient (Wildman–Crippen LogP) is 2.18. The number of hydrogen-bond acceptors (Lipinski definition) is 5. The largest absolute Gasteiger partial charge is 0.465 e. The van der Waals surface area contributed by atoms with Crippen LogP contribution in [0.2, 0.25) is 0 Å². The lowest BCUT2D eigenvalue weighted by molar-refractivity contribution is -0.144. The first-order valence-corrected chi connectivity index (χ1v) is 8.09. The van der Waals surface area contributed by atoms with Gasteiger partial charge in [0.15, 0.2) is 5.82 Å². The molecule has 1 aliphatic rings. The van der Waals surface area contributed by atoms with Crippen molar-refractivity contribution in [3.05, 3.63) is 33.0 Å². The number of alkyl halides is 2. The summed E-state index contributed by atoms with van der Waals surface area (Å²) >= 11 is 3.30. The number of rotatable bonds is 4. The van der Waals surface area contributed by atoms with Gasteiger partial charge >= 0.3 is 5.97 Å². The minimum absolute atomic E-state index is 0.180. The lowest BCUT2D eigenvalue weighted by atomic mass is 10.1. The third-order valence-electron chi connectivity index (χ3n) is 3.63. The maximum absolute atomic E-state index is 13.2. The van der Waals surface area contributed by atoms with Crippen molar-refractivity contribution in [2.75, 3.05) is 24.6 Å². The number of anilines is 1. The number of halogens is 3. The van der Waals surface area contributed by atoms with Gasteiger partial charge < -0.3 is 9.64 Å². The zero-order valence-electron chi connectivity index (χ0n) is 12.8. The van der Waals surface area contributed by atoms with Crippen molar-refractivity contribution in [3.63, 3.8) is 0 Å². The van der Waals surface area contributed by atoms with E-state index in [0.717, 1.165) is 4.68 Å². The molecule has 6 nitrogen and oxygen atoms in total. The van der Waals surface area contributed by atoms with E-state index in [2.05, 4.69) is 21.0 Å². The van der Waals surface area contributed by atoms with Crippen molar-refractivity contribution in [2.24, 2.45) is 0 Å². The lowest BCUT2D eigenvalue weighted by Crippen LogP contribution is -2.57. The molecule has 0 radical (unpaired) electrons. The van der Waals surface area contributed by atoms with Gasteiger partial charge in [0.05, 0.1) is 25.1 Å². The molecule has 1 aromatic carbocycles. The summed E-state index contributed by atoms with van der Waals surface area (Å²) in [6.07, 6.45) is 0. The molecule has 0 N–H and O–H groups in total. The van der Waals surface area contributed by atoms with Crippen LogP contribution in [0.1, 0.15) is 6.92 Å². The van der Waals surface area contributed by atoms with Crippen molar-refractivity contribution in [3.8, 4) is 0 Å². The Morgan fingerprint density at radius 1 is 1.38 bits per heavy atom. The number of nitrogens with zero attached hydrogens (tertiary/aromatic N) is 3. The summed E-state index contributed by atoms with van der Waals surface area (Å²) in [6.45, 7) is 0.521. The van der Waals surface area contributed by atoms with Crippen LogP contribution in [0, 0.1) is 0 Å². The molecule has 1 aromatic heterocycles. The molecule has 24 heavy (non-hydrogen) atoms. The Hall–Kier alpha value is -2.03. The summed E-state index contributed by atoms with van der Waals surface area (Å²) in [4.78, 5) is 25.5. The van der Waals surface area contributed by atoms with Crippen molar-refractivity contribution < 1.29 is 18.3 Å². The van der Waals surface area contributed by atoms with Gasteiger partial charge in [0, 0.05) is 9.86 Å². The van der Waals surface area contributed by atoms with E-state index in [4.69, 9.17) is 4.74 Å². The molecule has 0 saturated carbocycles. The van der Waals surface area contributed by atoms with Gasteiger partial charge in [-0.2, -0.15) is 5.10 Å². The van der Waals surface area contributed by atoms with Crippen LogP contribution >= 0.6 is 15.9 Å². The van der Waals surface area contributed by atoms with Gasteiger partial charge in [-0.05, 0) is 25.1 Å². The summed E-state index contributed by atoms with van der Waals surface area (Å²) in [5.41, 5.74) is -0.471. The highest BCUT2D eigenvalue weighted by Crippen LogP contribution is 2.34. The molecule has 9 heteroatoms. The number of esters is 1. The molecule has 0 aliphatic carbocycles. The van der Waals surface area contributed by atoms with Crippen LogP contribution < -0.4 is 10.5 Å². The molecule has 2 heterocycles. The van der Waals surface area contributed by atoms with Crippen LogP contribution in [0.25, 0.3) is 10.8 Å². The Morgan fingerprint density at radius 2 is 2.08 bits per heavy atom. The van der Waals surface area contributed by atoms with Gasteiger partial charge in [-0.25, -0.2) is 13.5 Å². The Kier molecular flexibility index (Phi) is 4.29. The standard InChI is InChI=1S/C15H14BrF2N3O3/c1-2-24-12(22)6-21-14(23)10-4-3-9(16)5-11(10)13(19-21)20-7-15(17,18)8-20/h3-5H,2,6-8H2,1H3. The quantitative estimate of drug-likeness (QED) is 0.734. The first-order chi connectivity index (χ1) is 11.3. The van der Waals surface area contributed by atoms with Crippen LogP contribution in [0.4, 0.5) is 14.6 Å². The number of benzene rings is 1. The molecular weight excluding hydrogens is 388 g/mol. The van der Waals surface area contributed by atoms with Gasteiger partial charge in [-0.1, -0.05) is 15.9 Å². The number of aromatic nitrogens is 2. The SMILES string of the molecule is CCOC(=O)Cn1nc(N2CC(F)(F)C2)c2cc(Br)ccc2c1=O. The topological polar surface area (TPSA) is 64.4 Å². The number of fused-ring (bicyclic) bond motifs is 1. The molecule has 3 rings (SSSR count). The van der Waals surface area contributed by atoms with E-state index >= 15 is 0 Å².